The Morgan fingerprint density at radius 1 is 0.283 bits per heavy atom. The summed E-state index contributed by atoms with van der Waals surface area (Å²) >= 11 is 0. The molecular formula is C58H40N2. The lowest BCUT2D eigenvalue weighted by Gasteiger charge is -2.30. The van der Waals surface area contributed by atoms with Crippen LogP contribution in [-0.2, 0) is 0 Å². The van der Waals surface area contributed by atoms with Gasteiger partial charge in [-0.15, -0.1) is 0 Å². The molecule has 0 N–H and O–H groups in total. The lowest BCUT2D eigenvalue weighted by Crippen LogP contribution is -2.13. The zero-order chi connectivity index (χ0) is 39.8. The summed E-state index contributed by atoms with van der Waals surface area (Å²) in [5, 5.41) is 4.97. The van der Waals surface area contributed by atoms with Crippen LogP contribution in [0.25, 0.3) is 82.8 Å². The van der Waals surface area contributed by atoms with Crippen molar-refractivity contribution in [2.45, 2.75) is 0 Å². The van der Waals surface area contributed by atoms with Crippen molar-refractivity contribution in [3.05, 3.63) is 243 Å². The number of aromatic nitrogens is 1. The van der Waals surface area contributed by atoms with E-state index in [1.54, 1.807) is 0 Å². The van der Waals surface area contributed by atoms with Gasteiger partial charge in [-0.25, -0.2) is 0 Å². The van der Waals surface area contributed by atoms with Crippen LogP contribution in [-0.4, -0.2) is 4.57 Å². The second-order valence-corrected chi connectivity index (χ2v) is 15.3. The number of anilines is 3. The minimum atomic E-state index is 1.08. The van der Waals surface area contributed by atoms with Gasteiger partial charge in [0.05, 0.1) is 28.1 Å². The summed E-state index contributed by atoms with van der Waals surface area (Å²) in [5.74, 6) is 0. The minimum Gasteiger partial charge on any atom is -0.309 e. The third-order valence-electron chi connectivity index (χ3n) is 11.8. The highest BCUT2D eigenvalue weighted by molar-refractivity contribution is 6.14. The Morgan fingerprint density at radius 3 is 1.43 bits per heavy atom. The minimum absolute atomic E-state index is 1.08. The molecule has 11 aromatic rings. The first-order valence-electron chi connectivity index (χ1n) is 20.6. The van der Waals surface area contributed by atoms with Crippen molar-refractivity contribution in [1.82, 2.24) is 4.57 Å². The van der Waals surface area contributed by atoms with E-state index < -0.39 is 0 Å². The molecule has 0 atom stereocenters. The molecule has 0 unspecified atom stereocenters. The molecule has 282 valence electrons. The van der Waals surface area contributed by atoms with Gasteiger partial charge in [0.1, 0.15) is 0 Å². The molecule has 0 aliphatic carbocycles. The molecule has 1 heterocycles. The number of rotatable bonds is 8. The zero-order valence-electron chi connectivity index (χ0n) is 33.0. The summed E-state index contributed by atoms with van der Waals surface area (Å²) in [6.45, 7) is 0. The SMILES string of the molecule is c1ccc(-c2ccccc2-c2ccc(N(c3ccccc3-c3ccccc3)c3ccccc3-c3ccccc3-n3c4ccccc4c4cc5ccccc5cc43)cc2)cc1. The number of para-hydroxylation sites is 4. The van der Waals surface area contributed by atoms with Crippen molar-refractivity contribution in [3.8, 4) is 50.2 Å². The summed E-state index contributed by atoms with van der Waals surface area (Å²) in [6.07, 6.45) is 0. The molecule has 0 spiro atoms. The Labute approximate surface area is 350 Å². The normalized spacial score (nSPS) is 11.3. The van der Waals surface area contributed by atoms with Crippen molar-refractivity contribution in [1.29, 1.82) is 0 Å². The van der Waals surface area contributed by atoms with Crippen LogP contribution < -0.4 is 4.90 Å². The molecule has 0 saturated heterocycles. The summed E-state index contributed by atoms with van der Waals surface area (Å²) in [7, 11) is 0. The van der Waals surface area contributed by atoms with Crippen LogP contribution in [0.4, 0.5) is 17.1 Å². The molecule has 1 aromatic heterocycles. The van der Waals surface area contributed by atoms with Gasteiger partial charge in [0.2, 0.25) is 0 Å². The van der Waals surface area contributed by atoms with Crippen molar-refractivity contribution in [2.75, 3.05) is 4.90 Å². The molecule has 0 saturated carbocycles. The average Bonchev–Trinajstić information content (AvgIpc) is 3.65. The zero-order valence-corrected chi connectivity index (χ0v) is 33.0. The Hall–Kier alpha value is -7.94. The summed E-state index contributed by atoms with van der Waals surface area (Å²) in [4.78, 5) is 2.45. The number of hydrogen-bond donors (Lipinski definition) is 0. The molecule has 0 aliphatic rings. The second kappa shape index (κ2) is 15.1. The van der Waals surface area contributed by atoms with Gasteiger partial charge in [-0.2, -0.15) is 0 Å². The Bertz CT molecular complexity index is 3310. The van der Waals surface area contributed by atoms with Gasteiger partial charge in [-0.3, -0.25) is 0 Å². The molecule has 11 rings (SSSR count). The quantitative estimate of drug-likeness (QED) is 0.150. The molecular weight excluding hydrogens is 725 g/mol. The average molecular weight is 765 g/mol. The maximum Gasteiger partial charge on any atom is 0.0547 e. The molecule has 0 fully saturated rings. The van der Waals surface area contributed by atoms with Crippen molar-refractivity contribution >= 4 is 49.6 Å². The maximum atomic E-state index is 2.46. The van der Waals surface area contributed by atoms with E-state index in [0.29, 0.717) is 0 Å². The first-order valence-corrected chi connectivity index (χ1v) is 20.6. The molecule has 2 nitrogen and oxygen atoms in total. The smallest absolute Gasteiger partial charge is 0.0547 e. The van der Waals surface area contributed by atoms with E-state index in [2.05, 4.69) is 252 Å². The van der Waals surface area contributed by atoms with Crippen LogP contribution in [0.3, 0.4) is 0 Å². The molecule has 0 amide bonds. The fraction of sp³-hybridized carbons (Fsp3) is 0. The van der Waals surface area contributed by atoms with Crippen molar-refractivity contribution < 1.29 is 0 Å². The number of hydrogen-bond acceptors (Lipinski definition) is 1. The van der Waals surface area contributed by atoms with Gasteiger partial charge in [-0.05, 0) is 87.1 Å². The van der Waals surface area contributed by atoms with E-state index in [1.165, 1.54) is 60.4 Å². The van der Waals surface area contributed by atoms with E-state index in [-0.39, 0.29) is 0 Å². The van der Waals surface area contributed by atoms with Gasteiger partial charge >= 0.3 is 0 Å². The predicted octanol–water partition coefficient (Wildman–Crippen LogP) is 16.1. The molecule has 2 heteroatoms. The Morgan fingerprint density at radius 2 is 0.750 bits per heavy atom. The first-order chi connectivity index (χ1) is 29.8. The van der Waals surface area contributed by atoms with Crippen LogP contribution in [0.2, 0.25) is 0 Å². The van der Waals surface area contributed by atoms with Crippen LogP contribution in [0.5, 0.6) is 0 Å². The fourth-order valence-electron chi connectivity index (χ4n) is 9.04. The maximum absolute atomic E-state index is 2.46. The number of nitrogens with zero attached hydrogens (tertiary/aromatic N) is 2. The molecule has 10 aromatic carbocycles. The van der Waals surface area contributed by atoms with Gasteiger partial charge in [0.25, 0.3) is 0 Å². The van der Waals surface area contributed by atoms with Gasteiger partial charge in [-0.1, -0.05) is 194 Å². The van der Waals surface area contributed by atoms with Crippen LogP contribution in [0.15, 0.2) is 243 Å². The Balaban J connectivity index is 1.13. The number of benzene rings is 10. The van der Waals surface area contributed by atoms with E-state index in [0.717, 1.165) is 39.4 Å². The van der Waals surface area contributed by atoms with Crippen LogP contribution >= 0.6 is 0 Å². The van der Waals surface area contributed by atoms with Gasteiger partial charge in [0.15, 0.2) is 0 Å². The predicted molar refractivity (Wildman–Crippen MR) is 255 cm³/mol. The van der Waals surface area contributed by atoms with Crippen LogP contribution in [0, 0.1) is 0 Å². The lowest BCUT2D eigenvalue weighted by atomic mass is 9.94. The van der Waals surface area contributed by atoms with E-state index >= 15 is 0 Å². The highest BCUT2D eigenvalue weighted by atomic mass is 15.1. The van der Waals surface area contributed by atoms with Crippen molar-refractivity contribution in [3.63, 3.8) is 0 Å². The highest BCUT2D eigenvalue weighted by Gasteiger charge is 2.23. The van der Waals surface area contributed by atoms with E-state index in [4.69, 9.17) is 0 Å². The van der Waals surface area contributed by atoms with Crippen LogP contribution in [0.1, 0.15) is 0 Å². The third kappa shape index (κ3) is 6.14. The standard InChI is InChI=1S/C58H40N2/c1-3-19-41(20-4-1)47-25-9-10-26-48(47)43-35-37-46(38-36-43)59(54-31-15-11-27-49(54)42-21-5-2-6-22-42)55-32-16-12-28-50(55)51-29-13-17-33-56(51)60-57-34-18-14-30-52(57)53-39-44-23-7-8-24-45(44)40-58(53)60/h1-40H. The molecule has 0 radical (unpaired) electrons. The van der Waals surface area contributed by atoms with E-state index in [9.17, 15) is 0 Å². The largest absolute Gasteiger partial charge is 0.309 e. The summed E-state index contributed by atoms with van der Waals surface area (Å²) in [5.41, 5.74) is 16.2. The molecule has 0 aliphatic heterocycles. The number of fused-ring (bicyclic) bond motifs is 4. The topological polar surface area (TPSA) is 8.17 Å². The summed E-state index contributed by atoms with van der Waals surface area (Å²) in [6, 6.07) is 87.9. The third-order valence-corrected chi connectivity index (χ3v) is 11.8. The highest BCUT2D eigenvalue weighted by Crippen LogP contribution is 2.47. The molecule has 60 heavy (non-hydrogen) atoms. The molecule has 0 bridgehead atoms. The fourth-order valence-corrected chi connectivity index (χ4v) is 9.04. The summed E-state index contributed by atoms with van der Waals surface area (Å²) < 4.78 is 2.46. The van der Waals surface area contributed by atoms with Gasteiger partial charge < -0.3 is 9.47 Å². The monoisotopic (exact) mass is 764 g/mol. The lowest BCUT2D eigenvalue weighted by molar-refractivity contribution is 1.18. The Kier molecular flexibility index (Phi) is 8.87. The first kappa shape index (κ1) is 35.2. The van der Waals surface area contributed by atoms with Crippen molar-refractivity contribution in [2.24, 2.45) is 0 Å². The van der Waals surface area contributed by atoms with Gasteiger partial charge in [0, 0.05) is 33.2 Å². The van der Waals surface area contributed by atoms with E-state index in [1.807, 2.05) is 0 Å². The second-order valence-electron chi connectivity index (χ2n) is 15.3.